The van der Waals surface area contributed by atoms with Gasteiger partial charge in [-0.25, -0.2) is 12.7 Å². The lowest BCUT2D eigenvalue weighted by Gasteiger charge is -2.22. The van der Waals surface area contributed by atoms with Crippen LogP contribution >= 0.6 is 0 Å². The number of rotatable bonds is 6. The molecule has 0 spiro atoms. The van der Waals surface area contributed by atoms with Gasteiger partial charge in [0.05, 0.1) is 4.90 Å². The quantitative estimate of drug-likeness (QED) is 0.640. The monoisotopic (exact) mass is 431 g/mol. The van der Waals surface area contributed by atoms with Gasteiger partial charge in [-0.05, 0) is 40.5 Å². The van der Waals surface area contributed by atoms with E-state index in [-0.39, 0.29) is 22.8 Å². The number of para-hydroxylation sites is 1. The van der Waals surface area contributed by atoms with E-state index >= 15 is 0 Å². The van der Waals surface area contributed by atoms with Gasteiger partial charge in [0.15, 0.2) is 6.61 Å². The maximum atomic E-state index is 12.4. The van der Waals surface area contributed by atoms with Gasteiger partial charge < -0.3 is 10.2 Å². The van der Waals surface area contributed by atoms with Crippen molar-refractivity contribution < 1.29 is 18.0 Å². The third-order valence-electron chi connectivity index (χ3n) is 4.49. The normalized spacial score (nSPS) is 12.3. The second-order valence-electron chi connectivity index (χ2n) is 8.02. The standard InChI is InChI=1S/C20H25N5O4S/c1-20(2,3)15-8-6-7-9-16(15)21-19(26)13-29-25-18-12-14(30(27,28)24(4)5)10-11-17(18)22-23-25/h6-12H,13H2,1-5H3,(H,21,26). The molecule has 1 N–H and O–H groups in total. The van der Waals surface area contributed by atoms with E-state index in [2.05, 4.69) is 36.4 Å². The van der Waals surface area contributed by atoms with Crippen molar-refractivity contribution in [1.29, 1.82) is 0 Å². The molecule has 0 atom stereocenters. The molecule has 10 heteroatoms. The summed E-state index contributed by atoms with van der Waals surface area (Å²) in [7, 11) is -0.725. The third-order valence-corrected chi connectivity index (χ3v) is 6.30. The SMILES string of the molecule is CN(C)S(=O)(=O)c1ccc2nnn(OCC(=O)Nc3ccccc3C(C)(C)C)c2c1. The minimum atomic E-state index is -3.62. The number of nitrogens with zero attached hydrogens (tertiary/aromatic N) is 4. The Balaban J connectivity index is 1.77. The number of fused-ring (bicyclic) bond motifs is 1. The number of carbonyl (C=O) groups is 1. The van der Waals surface area contributed by atoms with Crippen LogP contribution in [0.2, 0.25) is 0 Å². The van der Waals surface area contributed by atoms with Crippen molar-refractivity contribution in [3.8, 4) is 0 Å². The number of hydrogen-bond donors (Lipinski definition) is 1. The maximum Gasteiger partial charge on any atom is 0.265 e. The second-order valence-corrected chi connectivity index (χ2v) is 10.2. The van der Waals surface area contributed by atoms with Crippen LogP contribution in [0, 0.1) is 0 Å². The molecule has 3 rings (SSSR count). The summed E-state index contributed by atoms with van der Waals surface area (Å²) in [4.78, 5) is 19.0. The number of anilines is 1. The van der Waals surface area contributed by atoms with Gasteiger partial charge in [-0.3, -0.25) is 4.79 Å². The van der Waals surface area contributed by atoms with Crippen LogP contribution in [-0.2, 0) is 20.2 Å². The van der Waals surface area contributed by atoms with E-state index < -0.39 is 10.0 Å². The minimum Gasteiger partial charge on any atom is -0.385 e. The Hall–Kier alpha value is -2.98. The van der Waals surface area contributed by atoms with Gasteiger partial charge in [0, 0.05) is 19.8 Å². The highest BCUT2D eigenvalue weighted by Gasteiger charge is 2.21. The summed E-state index contributed by atoms with van der Waals surface area (Å²) in [5.41, 5.74) is 2.37. The second kappa shape index (κ2) is 8.04. The zero-order valence-corrected chi connectivity index (χ0v) is 18.4. The fourth-order valence-electron chi connectivity index (χ4n) is 2.90. The number of benzene rings is 2. The molecule has 0 saturated carbocycles. The predicted molar refractivity (Wildman–Crippen MR) is 114 cm³/mol. The van der Waals surface area contributed by atoms with E-state index in [1.165, 1.54) is 32.3 Å². The maximum absolute atomic E-state index is 12.4. The molecule has 30 heavy (non-hydrogen) atoms. The van der Waals surface area contributed by atoms with Crippen molar-refractivity contribution >= 4 is 32.7 Å². The Morgan fingerprint density at radius 1 is 1.17 bits per heavy atom. The van der Waals surface area contributed by atoms with Crippen molar-refractivity contribution in [2.75, 3.05) is 26.0 Å². The number of hydrogen-bond acceptors (Lipinski definition) is 6. The van der Waals surface area contributed by atoms with Crippen LogP contribution in [0.3, 0.4) is 0 Å². The van der Waals surface area contributed by atoms with E-state index in [4.69, 9.17) is 4.84 Å². The minimum absolute atomic E-state index is 0.0794. The van der Waals surface area contributed by atoms with Crippen LogP contribution in [0.15, 0.2) is 47.4 Å². The molecule has 9 nitrogen and oxygen atoms in total. The van der Waals surface area contributed by atoms with Crippen molar-refractivity contribution in [2.24, 2.45) is 0 Å². The van der Waals surface area contributed by atoms with Crippen LogP contribution in [-0.4, -0.2) is 54.5 Å². The molecule has 160 valence electrons. The van der Waals surface area contributed by atoms with Gasteiger partial charge in [-0.15, -0.1) is 5.10 Å². The molecule has 1 amide bonds. The first-order chi connectivity index (χ1) is 14.0. The molecule has 0 aliphatic carbocycles. The zero-order valence-electron chi connectivity index (χ0n) is 17.6. The largest absolute Gasteiger partial charge is 0.385 e. The molecule has 0 saturated heterocycles. The first-order valence-electron chi connectivity index (χ1n) is 9.31. The lowest BCUT2D eigenvalue weighted by atomic mass is 9.86. The smallest absolute Gasteiger partial charge is 0.265 e. The van der Waals surface area contributed by atoms with E-state index in [1.54, 1.807) is 0 Å². The average Bonchev–Trinajstić information content (AvgIpc) is 3.08. The third kappa shape index (κ3) is 4.44. The van der Waals surface area contributed by atoms with Crippen molar-refractivity contribution in [3.63, 3.8) is 0 Å². The van der Waals surface area contributed by atoms with Crippen LogP contribution in [0.1, 0.15) is 26.3 Å². The lowest BCUT2D eigenvalue weighted by molar-refractivity contribution is -0.121. The van der Waals surface area contributed by atoms with E-state index in [0.717, 1.165) is 14.7 Å². The van der Waals surface area contributed by atoms with Crippen LogP contribution in [0.4, 0.5) is 5.69 Å². The van der Waals surface area contributed by atoms with E-state index in [9.17, 15) is 13.2 Å². The molecule has 0 aliphatic rings. The average molecular weight is 432 g/mol. The van der Waals surface area contributed by atoms with Gasteiger partial charge in [-0.2, -0.15) is 0 Å². The molecule has 2 aromatic carbocycles. The Morgan fingerprint density at radius 2 is 1.87 bits per heavy atom. The molecule has 3 aromatic rings. The van der Waals surface area contributed by atoms with Crippen molar-refractivity contribution in [2.45, 2.75) is 31.1 Å². The molecule has 0 aliphatic heterocycles. The molecule has 1 aromatic heterocycles. The summed E-state index contributed by atoms with van der Waals surface area (Å²) in [5, 5.41) is 10.6. The van der Waals surface area contributed by atoms with Crippen LogP contribution in [0.25, 0.3) is 11.0 Å². The first-order valence-corrected chi connectivity index (χ1v) is 10.7. The Kier molecular flexibility index (Phi) is 5.82. The molecule has 0 radical (unpaired) electrons. The van der Waals surface area contributed by atoms with E-state index in [0.29, 0.717) is 16.7 Å². The Labute approximate surface area is 175 Å². The van der Waals surface area contributed by atoms with Gasteiger partial charge in [-0.1, -0.05) is 43.8 Å². The molecular weight excluding hydrogens is 406 g/mol. The zero-order chi connectivity index (χ0) is 22.1. The molecule has 0 unspecified atom stereocenters. The Bertz CT molecular complexity index is 1180. The van der Waals surface area contributed by atoms with Gasteiger partial charge in [0.1, 0.15) is 11.0 Å². The summed E-state index contributed by atoms with van der Waals surface area (Å²) >= 11 is 0. The predicted octanol–water partition coefficient (Wildman–Crippen LogP) is 2.05. The number of aromatic nitrogens is 3. The highest BCUT2D eigenvalue weighted by atomic mass is 32.2. The number of carbonyl (C=O) groups excluding carboxylic acids is 1. The molecule has 0 fully saturated rings. The van der Waals surface area contributed by atoms with Crippen molar-refractivity contribution in [1.82, 2.24) is 19.5 Å². The lowest BCUT2D eigenvalue weighted by Crippen LogP contribution is -2.27. The van der Waals surface area contributed by atoms with Gasteiger partial charge in [0.25, 0.3) is 5.91 Å². The van der Waals surface area contributed by atoms with Crippen LogP contribution < -0.4 is 10.2 Å². The summed E-state index contributed by atoms with van der Waals surface area (Å²) in [6.07, 6.45) is 0. The molecule has 0 bridgehead atoms. The van der Waals surface area contributed by atoms with Gasteiger partial charge >= 0.3 is 0 Å². The number of sulfonamides is 1. The van der Waals surface area contributed by atoms with Crippen molar-refractivity contribution in [3.05, 3.63) is 48.0 Å². The summed E-state index contributed by atoms with van der Waals surface area (Å²) in [5.74, 6) is -0.368. The topological polar surface area (TPSA) is 106 Å². The summed E-state index contributed by atoms with van der Waals surface area (Å²) in [6.45, 7) is 5.88. The summed E-state index contributed by atoms with van der Waals surface area (Å²) < 4.78 is 25.8. The Morgan fingerprint density at radius 3 is 2.53 bits per heavy atom. The number of nitrogens with one attached hydrogen (secondary N) is 1. The van der Waals surface area contributed by atoms with E-state index in [1.807, 2.05) is 24.3 Å². The first kappa shape index (κ1) is 21.7. The molecule has 1 heterocycles. The molecular formula is C20H25N5O4S. The highest BCUT2D eigenvalue weighted by molar-refractivity contribution is 7.89. The summed E-state index contributed by atoms with van der Waals surface area (Å²) in [6, 6.07) is 12.0. The van der Waals surface area contributed by atoms with Crippen LogP contribution in [0.5, 0.6) is 0 Å². The fourth-order valence-corrected chi connectivity index (χ4v) is 3.82. The fraction of sp³-hybridized carbons (Fsp3) is 0.350. The highest BCUT2D eigenvalue weighted by Crippen LogP contribution is 2.29. The number of amides is 1. The van der Waals surface area contributed by atoms with Gasteiger partial charge in [0.2, 0.25) is 10.0 Å².